The first-order valence-electron chi connectivity index (χ1n) is 19.6. The summed E-state index contributed by atoms with van der Waals surface area (Å²) in [5, 5.41) is 9.80. The fourth-order valence-corrected chi connectivity index (χ4v) is 10.2. The molecule has 0 spiro atoms. The van der Waals surface area contributed by atoms with Gasteiger partial charge in [0.05, 0.1) is 33.1 Å². The van der Waals surface area contributed by atoms with Crippen LogP contribution >= 0.6 is 0 Å². The Kier molecular flexibility index (Phi) is 6.22. The van der Waals surface area contributed by atoms with E-state index in [0.717, 1.165) is 33.2 Å². The first kappa shape index (κ1) is 30.8. The van der Waals surface area contributed by atoms with Crippen molar-refractivity contribution in [2.75, 3.05) is 0 Å². The summed E-state index contributed by atoms with van der Waals surface area (Å²) in [5.74, 6) is 0. The molecule has 0 fully saturated rings. The number of hydrogen-bond donors (Lipinski definition) is 0. The number of hydrogen-bond acceptors (Lipinski definition) is 2. The molecular formula is C52H31BN4. The van der Waals surface area contributed by atoms with Crippen LogP contribution in [0.2, 0.25) is 0 Å². The summed E-state index contributed by atoms with van der Waals surface area (Å²) in [5.41, 5.74) is 15.5. The van der Waals surface area contributed by atoms with E-state index in [2.05, 4.69) is 179 Å². The molecule has 8 aromatic carbocycles. The molecule has 0 radical (unpaired) electrons. The van der Waals surface area contributed by atoms with Crippen LogP contribution in [0.5, 0.6) is 0 Å². The van der Waals surface area contributed by atoms with E-state index in [4.69, 9.17) is 9.97 Å². The smallest absolute Gasteiger partial charge is 0.243 e. The summed E-state index contributed by atoms with van der Waals surface area (Å²) in [6.45, 7) is 0.0610. The summed E-state index contributed by atoms with van der Waals surface area (Å²) < 4.78 is 4.86. The van der Waals surface area contributed by atoms with E-state index in [1.165, 1.54) is 81.9 Å². The average Bonchev–Trinajstić information content (AvgIpc) is 3.91. The third-order valence-electron chi connectivity index (χ3n) is 12.5. The van der Waals surface area contributed by atoms with Crippen molar-refractivity contribution in [1.29, 1.82) is 0 Å². The third-order valence-corrected chi connectivity index (χ3v) is 12.5. The molecule has 4 nitrogen and oxygen atoms in total. The minimum absolute atomic E-state index is 0.0610. The van der Waals surface area contributed by atoms with Crippen LogP contribution in [-0.2, 0) is 0 Å². The molecule has 0 unspecified atom stereocenters. The van der Waals surface area contributed by atoms with Crippen LogP contribution in [0.4, 0.5) is 0 Å². The molecule has 0 atom stereocenters. The summed E-state index contributed by atoms with van der Waals surface area (Å²) in [6.07, 6.45) is 3.76. The van der Waals surface area contributed by atoms with Crippen molar-refractivity contribution in [3.63, 3.8) is 0 Å². The monoisotopic (exact) mass is 722 g/mol. The van der Waals surface area contributed by atoms with Gasteiger partial charge in [-0.25, -0.2) is 0 Å². The lowest BCUT2D eigenvalue weighted by Crippen LogP contribution is -2.49. The molecule has 262 valence electrons. The van der Waals surface area contributed by atoms with Crippen molar-refractivity contribution in [2.45, 2.75) is 0 Å². The van der Waals surface area contributed by atoms with Gasteiger partial charge in [0, 0.05) is 56.1 Å². The number of rotatable bonds is 3. The van der Waals surface area contributed by atoms with Crippen molar-refractivity contribution >= 4 is 99.3 Å². The van der Waals surface area contributed by atoms with Gasteiger partial charge in [0.2, 0.25) is 6.71 Å². The average molecular weight is 723 g/mol. The molecule has 0 amide bonds. The van der Waals surface area contributed by atoms with Crippen molar-refractivity contribution < 1.29 is 0 Å². The molecule has 0 bridgehead atoms. The standard InChI is InChI=1S/C52H31BN4/c1-2-12-33(13-3-1)56-45-20-8-5-15-36(45)42-30-43-37-16-6-9-21-46(37)57(48(43)31-47(42)56)34-24-22-32(23-25-34)53-44-19-7-4-14-35(44)39-27-26-38-40-17-10-28-54-51(40)52-41(18-11-29-55-52)49(38)50(39)53/h1-31H. The number of benzene rings is 8. The second kappa shape index (κ2) is 11.5. The molecule has 57 heavy (non-hydrogen) atoms. The molecule has 0 saturated heterocycles. The number of fused-ring (bicyclic) bond motifs is 16. The van der Waals surface area contributed by atoms with Crippen LogP contribution in [0.25, 0.3) is 98.7 Å². The summed E-state index contributed by atoms with van der Waals surface area (Å²) in [6, 6.07) is 64.6. The van der Waals surface area contributed by atoms with E-state index in [9.17, 15) is 0 Å². The Bertz CT molecular complexity index is 3600. The number of pyridine rings is 2. The SMILES string of the molecule is c1ccc(-n2c3ccccc3c3cc4c5ccccc5n(-c5ccc(B6c7ccccc7-c7ccc8c9cccnc9c9ncccc9c8c76)cc5)c4cc32)cc1. The zero-order chi connectivity index (χ0) is 37.2. The van der Waals surface area contributed by atoms with Gasteiger partial charge >= 0.3 is 0 Å². The first-order chi connectivity index (χ1) is 28.3. The second-order valence-electron chi connectivity index (χ2n) is 15.3. The van der Waals surface area contributed by atoms with Gasteiger partial charge < -0.3 is 9.13 Å². The van der Waals surface area contributed by atoms with E-state index in [-0.39, 0.29) is 6.71 Å². The summed E-state index contributed by atoms with van der Waals surface area (Å²) in [7, 11) is 0. The Labute approximate surface area is 328 Å². The predicted molar refractivity (Wildman–Crippen MR) is 240 cm³/mol. The molecule has 0 aliphatic carbocycles. The zero-order valence-corrected chi connectivity index (χ0v) is 30.8. The van der Waals surface area contributed by atoms with E-state index in [1.807, 2.05) is 18.5 Å². The lowest BCUT2D eigenvalue weighted by atomic mass is 9.38. The van der Waals surface area contributed by atoms with Crippen molar-refractivity contribution in [2.24, 2.45) is 0 Å². The maximum atomic E-state index is 4.91. The molecule has 4 aromatic heterocycles. The van der Waals surface area contributed by atoms with Gasteiger partial charge in [-0.2, -0.15) is 0 Å². The van der Waals surface area contributed by atoms with E-state index in [1.54, 1.807) is 0 Å². The molecule has 12 aromatic rings. The van der Waals surface area contributed by atoms with Crippen molar-refractivity contribution in [3.05, 3.63) is 188 Å². The highest BCUT2D eigenvalue weighted by Gasteiger charge is 2.36. The fourth-order valence-electron chi connectivity index (χ4n) is 10.2. The molecule has 0 N–H and O–H groups in total. The highest BCUT2D eigenvalue weighted by atomic mass is 15.0. The van der Waals surface area contributed by atoms with E-state index in [0.29, 0.717) is 0 Å². The van der Waals surface area contributed by atoms with Gasteiger partial charge in [-0.3, -0.25) is 9.97 Å². The minimum atomic E-state index is 0.0610. The lowest BCUT2D eigenvalue weighted by molar-refractivity contribution is 1.17. The molecular weight excluding hydrogens is 691 g/mol. The first-order valence-corrected chi connectivity index (χ1v) is 19.6. The molecule has 5 heteroatoms. The van der Waals surface area contributed by atoms with Gasteiger partial charge in [0.25, 0.3) is 0 Å². The van der Waals surface area contributed by atoms with Crippen LogP contribution in [0.15, 0.2) is 188 Å². The Balaban J connectivity index is 1.05. The van der Waals surface area contributed by atoms with Crippen LogP contribution in [0.3, 0.4) is 0 Å². The Morgan fingerprint density at radius 2 is 0.947 bits per heavy atom. The second-order valence-corrected chi connectivity index (χ2v) is 15.3. The number of aromatic nitrogens is 4. The highest BCUT2D eigenvalue weighted by Crippen LogP contribution is 2.40. The maximum Gasteiger partial charge on any atom is 0.243 e. The fraction of sp³-hybridized carbons (Fsp3) is 0. The van der Waals surface area contributed by atoms with Gasteiger partial charge in [-0.15, -0.1) is 0 Å². The lowest BCUT2D eigenvalue weighted by Gasteiger charge is -2.17. The third kappa shape index (κ3) is 4.18. The van der Waals surface area contributed by atoms with Crippen LogP contribution < -0.4 is 16.4 Å². The molecule has 0 saturated carbocycles. The zero-order valence-electron chi connectivity index (χ0n) is 30.8. The maximum absolute atomic E-state index is 4.91. The van der Waals surface area contributed by atoms with Crippen LogP contribution in [0.1, 0.15) is 0 Å². The molecule has 1 aliphatic rings. The highest BCUT2D eigenvalue weighted by molar-refractivity contribution is 7.00. The normalized spacial score (nSPS) is 12.5. The number of nitrogens with zero attached hydrogens (tertiary/aromatic N) is 4. The Hall–Kier alpha value is -7.50. The van der Waals surface area contributed by atoms with Gasteiger partial charge in [0.1, 0.15) is 0 Å². The van der Waals surface area contributed by atoms with Gasteiger partial charge in [-0.1, -0.05) is 132 Å². The van der Waals surface area contributed by atoms with E-state index >= 15 is 0 Å². The quantitative estimate of drug-likeness (QED) is 0.134. The predicted octanol–water partition coefficient (Wildman–Crippen LogP) is 10.6. The van der Waals surface area contributed by atoms with Gasteiger partial charge in [-0.05, 0) is 82.6 Å². The van der Waals surface area contributed by atoms with Crippen LogP contribution in [0, 0.1) is 0 Å². The minimum Gasteiger partial charge on any atom is -0.309 e. The molecule has 13 rings (SSSR count). The van der Waals surface area contributed by atoms with Crippen molar-refractivity contribution in [3.8, 4) is 22.5 Å². The summed E-state index contributed by atoms with van der Waals surface area (Å²) >= 11 is 0. The molecule has 5 heterocycles. The molecule has 1 aliphatic heterocycles. The van der Waals surface area contributed by atoms with E-state index < -0.39 is 0 Å². The van der Waals surface area contributed by atoms with Gasteiger partial charge in [0.15, 0.2) is 0 Å². The van der Waals surface area contributed by atoms with Crippen molar-refractivity contribution in [1.82, 2.24) is 19.1 Å². The number of para-hydroxylation sites is 3. The van der Waals surface area contributed by atoms with Crippen LogP contribution in [-0.4, -0.2) is 25.8 Å². The summed E-state index contributed by atoms with van der Waals surface area (Å²) in [4.78, 5) is 9.74. The Morgan fingerprint density at radius 3 is 1.67 bits per heavy atom. The Morgan fingerprint density at radius 1 is 0.368 bits per heavy atom. The topological polar surface area (TPSA) is 35.6 Å². The largest absolute Gasteiger partial charge is 0.309 e.